The fourth-order valence-electron chi connectivity index (χ4n) is 1.13. The summed E-state index contributed by atoms with van der Waals surface area (Å²) in [5.74, 6) is 0.286. The number of hydrogen-bond donors (Lipinski definition) is 0. The Balaban J connectivity index is 2.28. The monoisotopic (exact) mass is 187 g/mol. The van der Waals surface area contributed by atoms with Gasteiger partial charge in [0.25, 0.3) is 0 Å². The highest BCUT2D eigenvalue weighted by molar-refractivity contribution is 5.76. The van der Waals surface area contributed by atoms with Crippen molar-refractivity contribution in [3.05, 3.63) is 59.5 Å². The van der Waals surface area contributed by atoms with Gasteiger partial charge in [0, 0.05) is 5.56 Å². The molecule has 14 heavy (non-hydrogen) atoms. The van der Waals surface area contributed by atoms with Gasteiger partial charge in [-0.05, 0) is 18.2 Å². The normalized spacial score (nSPS) is 11.6. The third kappa shape index (κ3) is 1.82. The number of furan rings is 1. The number of hydrogen-bond acceptors (Lipinski definition) is 2. The van der Waals surface area contributed by atoms with Crippen LogP contribution in [-0.4, -0.2) is 11.0 Å². The van der Waals surface area contributed by atoms with Gasteiger partial charge in [0.2, 0.25) is 0 Å². The van der Waals surface area contributed by atoms with E-state index in [0.29, 0.717) is 4.74 Å². The van der Waals surface area contributed by atoms with Gasteiger partial charge in [0.15, 0.2) is 6.21 Å². The predicted molar refractivity (Wildman–Crippen MR) is 53.6 cm³/mol. The molecule has 0 aliphatic carbocycles. The first kappa shape index (κ1) is 8.56. The van der Waals surface area contributed by atoms with Gasteiger partial charge < -0.3 is 9.62 Å². The Morgan fingerprint density at radius 3 is 2.50 bits per heavy atom. The second-order valence-corrected chi connectivity index (χ2v) is 2.82. The summed E-state index contributed by atoms with van der Waals surface area (Å²) in [5.41, 5.74) is 0.846. The highest BCUT2D eigenvalue weighted by Crippen LogP contribution is 2.10. The summed E-state index contributed by atoms with van der Waals surface area (Å²) >= 11 is 0. The predicted octanol–water partition coefficient (Wildman–Crippen LogP) is 2.54. The van der Waals surface area contributed by atoms with Gasteiger partial charge in [0.05, 0.1) is 12.3 Å². The summed E-state index contributed by atoms with van der Waals surface area (Å²) in [7, 11) is 0. The third-order valence-electron chi connectivity index (χ3n) is 1.79. The zero-order valence-electron chi connectivity index (χ0n) is 7.46. The highest BCUT2D eigenvalue weighted by Gasteiger charge is 2.02. The molecule has 0 N–H and O–H groups in total. The van der Waals surface area contributed by atoms with Crippen LogP contribution in [0.15, 0.2) is 53.1 Å². The number of nitrogens with zero attached hydrogens (tertiary/aromatic N) is 1. The molecule has 0 atom stereocenters. The molecule has 0 saturated heterocycles. The summed E-state index contributed by atoms with van der Waals surface area (Å²) in [4.78, 5) is 0. The molecule has 70 valence electrons. The molecule has 0 spiro atoms. The van der Waals surface area contributed by atoms with Gasteiger partial charge in [-0.3, -0.25) is 0 Å². The van der Waals surface area contributed by atoms with Crippen LogP contribution in [0.3, 0.4) is 0 Å². The average molecular weight is 187 g/mol. The van der Waals surface area contributed by atoms with Gasteiger partial charge in [-0.15, -0.1) is 4.74 Å². The minimum atomic E-state index is 0.286. The zero-order valence-corrected chi connectivity index (χ0v) is 7.46. The zero-order chi connectivity index (χ0) is 9.80. The van der Waals surface area contributed by atoms with Gasteiger partial charge >= 0.3 is 5.88 Å². The van der Waals surface area contributed by atoms with E-state index < -0.39 is 0 Å². The first-order chi connectivity index (χ1) is 6.86. The Morgan fingerprint density at radius 1 is 1.07 bits per heavy atom. The number of rotatable bonds is 2. The van der Waals surface area contributed by atoms with Crippen molar-refractivity contribution in [2.75, 3.05) is 0 Å². The summed E-state index contributed by atoms with van der Waals surface area (Å²) in [6, 6.07) is 12.7. The van der Waals surface area contributed by atoms with Crippen molar-refractivity contribution in [1.82, 2.24) is 0 Å². The highest BCUT2D eigenvalue weighted by atomic mass is 16.5. The molecule has 1 aromatic carbocycles. The van der Waals surface area contributed by atoms with Crippen LogP contribution in [0.1, 0.15) is 5.56 Å². The quantitative estimate of drug-likeness (QED) is 0.313. The molecule has 2 rings (SSSR count). The van der Waals surface area contributed by atoms with Crippen LogP contribution in [0, 0.1) is 5.21 Å². The van der Waals surface area contributed by atoms with Gasteiger partial charge in [-0.2, -0.15) is 0 Å². The van der Waals surface area contributed by atoms with Crippen molar-refractivity contribution in [2.45, 2.75) is 0 Å². The summed E-state index contributed by atoms with van der Waals surface area (Å²) in [5, 5.41) is 11.4. The molecule has 3 nitrogen and oxygen atoms in total. The van der Waals surface area contributed by atoms with E-state index in [9.17, 15) is 5.21 Å². The van der Waals surface area contributed by atoms with Crippen molar-refractivity contribution in [1.29, 1.82) is 0 Å². The van der Waals surface area contributed by atoms with E-state index in [1.807, 2.05) is 30.3 Å². The van der Waals surface area contributed by atoms with Crippen LogP contribution in [0.4, 0.5) is 5.88 Å². The second kappa shape index (κ2) is 3.79. The molecule has 0 unspecified atom stereocenters. The van der Waals surface area contributed by atoms with Crippen molar-refractivity contribution in [3.8, 4) is 0 Å². The van der Waals surface area contributed by atoms with Crippen LogP contribution < -0.4 is 0 Å². The lowest BCUT2D eigenvalue weighted by atomic mass is 10.2. The molecule has 0 aliphatic rings. The Bertz CT molecular complexity index is 418. The van der Waals surface area contributed by atoms with E-state index >= 15 is 0 Å². The first-order valence-electron chi connectivity index (χ1n) is 4.26. The fraction of sp³-hybridized carbons (Fsp3) is 0. The van der Waals surface area contributed by atoms with E-state index in [1.165, 1.54) is 12.5 Å². The molecule has 1 aromatic heterocycles. The Hall–Kier alpha value is -2.03. The van der Waals surface area contributed by atoms with Crippen molar-refractivity contribution in [2.24, 2.45) is 0 Å². The Kier molecular flexibility index (Phi) is 2.32. The molecular formula is C11H9NO2. The molecule has 0 bridgehead atoms. The largest absolute Gasteiger partial charge is 0.616 e. The number of benzene rings is 1. The molecule has 1 heterocycles. The Labute approximate surface area is 81.5 Å². The van der Waals surface area contributed by atoms with E-state index in [-0.39, 0.29) is 5.88 Å². The lowest BCUT2D eigenvalue weighted by Crippen LogP contribution is -1.96. The lowest BCUT2D eigenvalue weighted by Gasteiger charge is -1.97. The van der Waals surface area contributed by atoms with Gasteiger partial charge in [-0.25, -0.2) is 0 Å². The van der Waals surface area contributed by atoms with Crippen molar-refractivity contribution in [3.63, 3.8) is 0 Å². The van der Waals surface area contributed by atoms with E-state index in [0.717, 1.165) is 5.56 Å². The topological polar surface area (TPSA) is 39.2 Å². The molecule has 0 fully saturated rings. The SMILES string of the molecule is [O-]/[N+](=C/c1ccccc1)c1ccco1. The van der Waals surface area contributed by atoms with Crippen LogP contribution in [-0.2, 0) is 0 Å². The van der Waals surface area contributed by atoms with E-state index in [4.69, 9.17) is 4.42 Å². The molecule has 2 aromatic rings. The lowest BCUT2D eigenvalue weighted by molar-refractivity contribution is -0.372. The van der Waals surface area contributed by atoms with E-state index in [2.05, 4.69) is 0 Å². The van der Waals surface area contributed by atoms with Crippen LogP contribution >= 0.6 is 0 Å². The maximum Gasteiger partial charge on any atom is 0.384 e. The minimum absolute atomic E-state index is 0.286. The maximum absolute atomic E-state index is 11.4. The Morgan fingerprint density at radius 2 is 1.86 bits per heavy atom. The summed E-state index contributed by atoms with van der Waals surface area (Å²) in [6.07, 6.45) is 2.94. The minimum Gasteiger partial charge on any atom is -0.616 e. The summed E-state index contributed by atoms with van der Waals surface area (Å²) < 4.78 is 5.65. The fourth-order valence-corrected chi connectivity index (χ4v) is 1.13. The maximum atomic E-state index is 11.4. The van der Waals surface area contributed by atoms with Gasteiger partial charge in [-0.1, -0.05) is 18.2 Å². The molecule has 0 amide bonds. The van der Waals surface area contributed by atoms with Crippen LogP contribution in [0.5, 0.6) is 0 Å². The molecular weight excluding hydrogens is 178 g/mol. The standard InChI is InChI=1S/C11H9NO2/c13-12(11-7-4-8-14-11)9-10-5-2-1-3-6-10/h1-9H/b12-9+. The van der Waals surface area contributed by atoms with Crippen molar-refractivity contribution < 1.29 is 9.16 Å². The van der Waals surface area contributed by atoms with Crippen LogP contribution in [0.2, 0.25) is 0 Å². The molecule has 0 saturated carbocycles. The second-order valence-electron chi connectivity index (χ2n) is 2.82. The summed E-state index contributed by atoms with van der Waals surface area (Å²) in [6.45, 7) is 0. The van der Waals surface area contributed by atoms with Crippen molar-refractivity contribution >= 4 is 12.1 Å². The average Bonchev–Trinajstić information content (AvgIpc) is 2.72. The molecule has 0 radical (unpaired) electrons. The first-order valence-corrected chi connectivity index (χ1v) is 4.26. The van der Waals surface area contributed by atoms with E-state index in [1.54, 1.807) is 12.1 Å². The smallest absolute Gasteiger partial charge is 0.384 e. The molecule has 3 heteroatoms. The van der Waals surface area contributed by atoms with Crippen LogP contribution in [0.25, 0.3) is 0 Å². The third-order valence-corrected chi connectivity index (χ3v) is 1.79. The molecule has 0 aliphatic heterocycles. The van der Waals surface area contributed by atoms with Gasteiger partial charge in [0.1, 0.15) is 0 Å².